The number of carbonyl (C=O) groups is 1. The molecule has 0 amide bonds. The van der Waals surface area contributed by atoms with Gasteiger partial charge in [0.2, 0.25) is 0 Å². The number of rotatable bonds is 4. The van der Waals surface area contributed by atoms with Crippen LogP contribution in [0, 0.1) is 0 Å². The quantitative estimate of drug-likeness (QED) is 0.396. The second kappa shape index (κ2) is 12.8. The molecular weight excluding hydrogens is 154 g/mol. The molecule has 1 N–H and O–H groups in total. The first-order valence-electron chi connectivity index (χ1n) is 4.10. The molecule has 0 aromatic carbocycles. The number of carbonyl (C=O) groups excluding carboxylic acids is 1. The van der Waals surface area contributed by atoms with Crippen LogP contribution >= 0.6 is 0 Å². The zero-order valence-electron chi connectivity index (χ0n) is 8.22. The molecule has 0 saturated heterocycles. The summed E-state index contributed by atoms with van der Waals surface area (Å²) in [6.45, 7) is 5.82. The van der Waals surface area contributed by atoms with Crippen LogP contribution in [-0.4, -0.2) is 26.7 Å². The van der Waals surface area contributed by atoms with Gasteiger partial charge in [-0.2, -0.15) is 0 Å². The largest absolute Gasteiger partial charge is 0.463 e. The molecule has 12 heavy (non-hydrogen) atoms. The van der Waals surface area contributed by atoms with Gasteiger partial charge in [-0.1, -0.05) is 19.9 Å². The van der Waals surface area contributed by atoms with Crippen molar-refractivity contribution in [2.45, 2.75) is 19.8 Å². The molecule has 0 radical (unpaired) electrons. The third-order valence-electron chi connectivity index (χ3n) is 0.909. The fourth-order valence-corrected chi connectivity index (χ4v) is 0.376. The fourth-order valence-electron chi connectivity index (χ4n) is 0.376. The van der Waals surface area contributed by atoms with E-state index in [1.807, 2.05) is 21.0 Å². The number of ether oxygens (including phenoxy) is 1. The lowest BCUT2D eigenvalue weighted by Crippen LogP contribution is -2.00. The minimum atomic E-state index is -0.330. The molecule has 0 atom stereocenters. The summed E-state index contributed by atoms with van der Waals surface area (Å²) in [7, 11) is 3.75. The van der Waals surface area contributed by atoms with Crippen molar-refractivity contribution in [3.05, 3.63) is 12.7 Å². The Morgan fingerprint density at radius 3 is 2.42 bits per heavy atom. The minimum Gasteiger partial charge on any atom is -0.463 e. The minimum absolute atomic E-state index is 0.330. The van der Waals surface area contributed by atoms with E-state index in [-0.39, 0.29) is 5.97 Å². The van der Waals surface area contributed by atoms with Crippen molar-refractivity contribution in [2.75, 3.05) is 20.7 Å². The second-order valence-electron chi connectivity index (χ2n) is 2.23. The first kappa shape index (κ1) is 13.7. The van der Waals surface area contributed by atoms with Crippen molar-refractivity contribution < 1.29 is 9.53 Å². The summed E-state index contributed by atoms with van der Waals surface area (Å²) in [4.78, 5) is 10.3. The fraction of sp³-hybridized carbons (Fsp3) is 0.667. The molecule has 0 aliphatic heterocycles. The van der Waals surface area contributed by atoms with E-state index in [4.69, 9.17) is 0 Å². The summed E-state index contributed by atoms with van der Waals surface area (Å²) < 4.78 is 4.67. The van der Waals surface area contributed by atoms with Gasteiger partial charge in [0.15, 0.2) is 0 Å². The maximum absolute atomic E-state index is 10.3. The summed E-state index contributed by atoms with van der Waals surface area (Å²) in [6, 6.07) is 0. The average molecular weight is 173 g/mol. The van der Waals surface area contributed by atoms with Crippen LogP contribution < -0.4 is 5.32 Å². The summed E-state index contributed by atoms with van der Waals surface area (Å²) in [5.41, 5.74) is 0. The van der Waals surface area contributed by atoms with Crippen molar-refractivity contribution in [1.29, 1.82) is 0 Å². The van der Waals surface area contributed by atoms with Crippen molar-refractivity contribution in [3.8, 4) is 0 Å². The Hall–Kier alpha value is -0.830. The summed E-state index contributed by atoms with van der Waals surface area (Å²) in [5.74, 6) is -0.330. The van der Waals surface area contributed by atoms with Gasteiger partial charge in [0.25, 0.3) is 0 Å². The van der Waals surface area contributed by atoms with Gasteiger partial charge in [-0.05, 0) is 20.5 Å². The van der Waals surface area contributed by atoms with Crippen LogP contribution in [0.4, 0.5) is 0 Å². The highest BCUT2D eigenvalue weighted by molar-refractivity contribution is 5.81. The number of esters is 1. The van der Waals surface area contributed by atoms with Crippen LogP contribution in [-0.2, 0) is 9.53 Å². The maximum atomic E-state index is 10.3. The van der Waals surface area contributed by atoms with Crippen LogP contribution in [0.2, 0.25) is 0 Å². The molecular formula is C9H19NO2. The summed E-state index contributed by atoms with van der Waals surface area (Å²) in [5, 5.41) is 2.75. The lowest BCUT2D eigenvalue weighted by atomic mass is 10.4. The Morgan fingerprint density at radius 2 is 2.08 bits per heavy atom. The van der Waals surface area contributed by atoms with Crippen LogP contribution in [0.1, 0.15) is 19.8 Å². The van der Waals surface area contributed by atoms with Gasteiger partial charge in [0.1, 0.15) is 0 Å². The molecule has 0 aliphatic rings. The van der Waals surface area contributed by atoms with Crippen molar-refractivity contribution in [1.82, 2.24) is 5.32 Å². The van der Waals surface area contributed by atoms with Gasteiger partial charge >= 0.3 is 5.97 Å². The molecule has 72 valence electrons. The van der Waals surface area contributed by atoms with E-state index >= 15 is 0 Å². The first-order valence-corrected chi connectivity index (χ1v) is 4.10. The molecule has 0 spiro atoms. The predicted molar refractivity (Wildman–Crippen MR) is 51.0 cm³/mol. The number of nitrogens with one attached hydrogen (secondary N) is 1. The zero-order valence-corrected chi connectivity index (χ0v) is 8.22. The van der Waals surface area contributed by atoms with E-state index in [9.17, 15) is 4.79 Å². The smallest absolute Gasteiger partial charge is 0.330 e. The SMILES string of the molecule is C=CC(=O)OCCCC.CNC. The third kappa shape index (κ3) is 16.1. The van der Waals surface area contributed by atoms with Crippen LogP contribution in [0.25, 0.3) is 0 Å². The standard InChI is InChI=1S/C7H12O2.C2H7N/c1-3-5-6-9-7(8)4-2;1-3-2/h4H,2-3,5-6H2,1H3;3H,1-2H3. The van der Waals surface area contributed by atoms with Gasteiger partial charge in [0, 0.05) is 6.08 Å². The Kier molecular flexibility index (Phi) is 14.7. The lowest BCUT2D eigenvalue weighted by molar-refractivity contribution is -0.137. The molecule has 0 unspecified atom stereocenters. The van der Waals surface area contributed by atoms with E-state index in [2.05, 4.69) is 16.6 Å². The normalized spacial score (nSPS) is 7.92. The Bertz CT molecular complexity index is 113. The predicted octanol–water partition coefficient (Wildman–Crippen LogP) is 1.35. The number of hydrogen-bond donors (Lipinski definition) is 1. The third-order valence-corrected chi connectivity index (χ3v) is 0.909. The topological polar surface area (TPSA) is 38.3 Å². The molecule has 0 rings (SSSR count). The Morgan fingerprint density at radius 1 is 1.58 bits per heavy atom. The molecule has 0 heterocycles. The molecule has 0 saturated carbocycles. The van der Waals surface area contributed by atoms with E-state index in [1.165, 1.54) is 6.08 Å². The van der Waals surface area contributed by atoms with Crippen LogP contribution in [0.15, 0.2) is 12.7 Å². The second-order valence-corrected chi connectivity index (χ2v) is 2.23. The van der Waals surface area contributed by atoms with Gasteiger partial charge in [0.05, 0.1) is 6.61 Å². The Balaban J connectivity index is 0. The van der Waals surface area contributed by atoms with Gasteiger partial charge in [-0.3, -0.25) is 0 Å². The van der Waals surface area contributed by atoms with Gasteiger partial charge in [-0.25, -0.2) is 4.79 Å². The van der Waals surface area contributed by atoms with E-state index in [1.54, 1.807) is 0 Å². The molecule has 0 bridgehead atoms. The maximum Gasteiger partial charge on any atom is 0.330 e. The highest BCUT2D eigenvalue weighted by atomic mass is 16.5. The van der Waals surface area contributed by atoms with E-state index in [0.717, 1.165) is 12.8 Å². The zero-order chi connectivity index (χ0) is 9.82. The summed E-state index contributed by atoms with van der Waals surface area (Å²) >= 11 is 0. The van der Waals surface area contributed by atoms with E-state index < -0.39 is 0 Å². The van der Waals surface area contributed by atoms with Gasteiger partial charge in [-0.15, -0.1) is 0 Å². The van der Waals surface area contributed by atoms with Crippen LogP contribution in [0.3, 0.4) is 0 Å². The first-order chi connectivity index (χ1) is 5.72. The molecule has 3 heteroatoms. The molecule has 0 aliphatic carbocycles. The number of unbranched alkanes of at least 4 members (excludes halogenated alkanes) is 1. The lowest BCUT2D eigenvalue weighted by Gasteiger charge is -1.97. The van der Waals surface area contributed by atoms with Crippen molar-refractivity contribution in [3.63, 3.8) is 0 Å². The Labute approximate surface area is 74.8 Å². The van der Waals surface area contributed by atoms with Crippen molar-refractivity contribution >= 4 is 5.97 Å². The average Bonchev–Trinajstić information content (AvgIpc) is 2.06. The molecule has 3 nitrogen and oxygen atoms in total. The highest BCUT2D eigenvalue weighted by Crippen LogP contribution is 1.88. The van der Waals surface area contributed by atoms with Gasteiger partial charge < -0.3 is 10.1 Å². The monoisotopic (exact) mass is 173 g/mol. The molecule has 0 aromatic heterocycles. The van der Waals surface area contributed by atoms with Crippen molar-refractivity contribution in [2.24, 2.45) is 0 Å². The van der Waals surface area contributed by atoms with Crippen LogP contribution in [0.5, 0.6) is 0 Å². The highest BCUT2D eigenvalue weighted by Gasteiger charge is 1.91. The number of hydrogen-bond acceptors (Lipinski definition) is 3. The molecule has 0 fully saturated rings. The molecule has 0 aromatic rings. The van der Waals surface area contributed by atoms with E-state index in [0.29, 0.717) is 6.61 Å². The summed E-state index contributed by atoms with van der Waals surface area (Å²) in [6.07, 6.45) is 3.15.